The minimum absolute atomic E-state index is 0.000510. The molecule has 10 heteroatoms. The molecule has 7 nitrogen and oxygen atoms in total. The summed E-state index contributed by atoms with van der Waals surface area (Å²) in [5.41, 5.74) is -2.01. The number of carbonyl (C=O) groups is 2. The van der Waals surface area contributed by atoms with Crippen LogP contribution in [0.2, 0.25) is 0 Å². The van der Waals surface area contributed by atoms with E-state index >= 15 is 0 Å². The maximum absolute atomic E-state index is 13.3. The summed E-state index contributed by atoms with van der Waals surface area (Å²) in [6.45, 7) is 4.53. The van der Waals surface area contributed by atoms with Gasteiger partial charge in [0.05, 0.1) is 37.2 Å². The number of nitrogens with zero attached hydrogens (tertiary/aromatic N) is 3. The van der Waals surface area contributed by atoms with Gasteiger partial charge in [0.2, 0.25) is 0 Å². The fourth-order valence-electron chi connectivity index (χ4n) is 3.27. The molecule has 1 amide bonds. The molecule has 28 heavy (non-hydrogen) atoms. The second-order valence-electron chi connectivity index (χ2n) is 6.62. The lowest BCUT2D eigenvalue weighted by Gasteiger charge is -2.38. The van der Waals surface area contributed by atoms with Gasteiger partial charge in [-0.25, -0.2) is 9.48 Å². The van der Waals surface area contributed by atoms with E-state index in [9.17, 15) is 22.8 Å². The van der Waals surface area contributed by atoms with E-state index in [0.717, 1.165) is 0 Å². The lowest BCUT2D eigenvalue weighted by Crippen LogP contribution is -2.52. The summed E-state index contributed by atoms with van der Waals surface area (Å²) < 4.78 is 45.9. The highest BCUT2D eigenvalue weighted by atomic mass is 19.4. The van der Waals surface area contributed by atoms with E-state index < -0.39 is 23.4 Å². The summed E-state index contributed by atoms with van der Waals surface area (Å²) in [6.07, 6.45) is -4.25. The van der Waals surface area contributed by atoms with Crippen molar-refractivity contribution in [2.75, 3.05) is 13.2 Å². The fourth-order valence-corrected chi connectivity index (χ4v) is 3.27. The Morgan fingerprint density at radius 2 is 1.71 bits per heavy atom. The van der Waals surface area contributed by atoms with Crippen molar-refractivity contribution in [3.63, 3.8) is 0 Å². The largest absolute Gasteiger partial charge is 0.478 e. The molecule has 0 spiro atoms. The van der Waals surface area contributed by atoms with E-state index in [-0.39, 0.29) is 23.7 Å². The summed E-state index contributed by atoms with van der Waals surface area (Å²) in [4.78, 5) is 25.5. The molecular formula is C18H18F3N3O4. The van der Waals surface area contributed by atoms with Crippen LogP contribution in [0.4, 0.5) is 13.2 Å². The van der Waals surface area contributed by atoms with E-state index in [1.807, 2.05) is 13.8 Å². The minimum Gasteiger partial charge on any atom is -0.478 e. The van der Waals surface area contributed by atoms with Crippen molar-refractivity contribution in [1.29, 1.82) is 0 Å². The Morgan fingerprint density at radius 3 is 2.21 bits per heavy atom. The summed E-state index contributed by atoms with van der Waals surface area (Å²) in [6, 6.07) is 5.14. The number of hydrogen-bond acceptors (Lipinski definition) is 4. The van der Waals surface area contributed by atoms with Gasteiger partial charge in [-0.2, -0.15) is 18.3 Å². The molecule has 2 unspecified atom stereocenters. The van der Waals surface area contributed by atoms with Crippen molar-refractivity contribution in [1.82, 2.24) is 14.7 Å². The molecule has 1 aromatic heterocycles. The Hall–Kier alpha value is -2.88. The molecule has 0 radical (unpaired) electrons. The van der Waals surface area contributed by atoms with Crippen molar-refractivity contribution in [2.45, 2.75) is 32.1 Å². The number of hydrogen-bond donors (Lipinski definition) is 1. The number of amides is 1. The van der Waals surface area contributed by atoms with Crippen molar-refractivity contribution in [3.8, 4) is 5.69 Å². The van der Waals surface area contributed by atoms with E-state index in [4.69, 9.17) is 9.84 Å². The van der Waals surface area contributed by atoms with Crippen LogP contribution in [0.3, 0.4) is 0 Å². The molecule has 0 bridgehead atoms. The molecule has 2 atom stereocenters. The zero-order chi connectivity index (χ0) is 20.6. The number of rotatable bonds is 3. The van der Waals surface area contributed by atoms with Gasteiger partial charge in [0.25, 0.3) is 5.91 Å². The van der Waals surface area contributed by atoms with Crippen LogP contribution in [0, 0.1) is 0 Å². The van der Waals surface area contributed by atoms with Crippen LogP contribution in [0.1, 0.15) is 40.3 Å². The van der Waals surface area contributed by atoms with Gasteiger partial charge in [-0.3, -0.25) is 4.79 Å². The number of carboxylic acids is 1. The molecule has 1 N–H and O–H groups in total. The van der Waals surface area contributed by atoms with Gasteiger partial charge in [0.1, 0.15) is 5.56 Å². The molecule has 150 valence electrons. The monoisotopic (exact) mass is 397 g/mol. The van der Waals surface area contributed by atoms with Crippen LogP contribution in [0.15, 0.2) is 30.5 Å². The normalized spacial score (nSPS) is 20.2. The third kappa shape index (κ3) is 3.59. The lowest BCUT2D eigenvalue weighted by atomic mass is 10.1. The predicted octanol–water partition coefficient (Wildman–Crippen LogP) is 2.84. The van der Waals surface area contributed by atoms with Gasteiger partial charge >= 0.3 is 12.1 Å². The molecule has 1 saturated heterocycles. The van der Waals surface area contributed by atoms with Crippen molar-refractivity contribution < 1.29 is 32.6 Å². The third-order valence-corrected chi connectivity index (χ3v) is 4.53. The molecule has 1 aliphatic rings. The Labute approximate surface area is 158 Å². The summed E-state index contributed by atoms with van der Waals surface area (Å²) in [5.74, 6) is -1.97. The Morgan fingerprint density at radius 1 is 1.14 bits per heavy atom. The van der Waals surface area contributed by atoms with E-state index in [2.05, 4.69) is 5.10 Å². The van der Waals surface area contributed by atoms with Crippen molar-refractivity contribution in [2.24, 2.45) is 0 Å². The van der Waals surface area contributed by atoms with Crippen LogP contribution >= 0.6 is 0 Å². The standard InChI is InChI=1S/C18H18F3N3O4/c1-10-8-28-9-11(2)23(10)16(25)12-3-5-13(6-4-12)24-15(18(19,20)21)14(7-22-24)17(26)27/h3-7,10-11H,8-9H2,1-2H3,(H,26,27). The smallest absolute Gasteiger partial charge is 0.434 e. The summed E-state index contributed by atoms with van der Waals surface area (Å²) in [7, 11) is 0. The molecule has 1 fully saturated rings. The first kappa shape index (κ1) is 19.9. The first-order valence-electron chi connectivity index (χ1n) is 8.50. The van der Waals surface area contributed by atoms with E-state index in [1.165, 1.54) is 24.3 Å². The van der Waals surface area contributed by atoms with Gasteiger partial charge in [-0.1, -0.05) is 0 Å². The Kier molecular flexibility index (Phi) is 5.16. The Balaban J connectivity index is 1.94. The summed E-state index contributed by atoms with van der Waals surface area (Å²) >= 11 is 0. The molecule has 2 heterocycles. The topological polar surface area (TPSA) is 84.7 Å². The van der Waals surface area contributed by atoms with Crippen LogP contribution < -0.4 is 0 Å². The van der Waals surface area contributed by atoms with Gasteiger partial charge in [-0.15, -0.1) is 0 Å². The zero-order valence-electron chi connectivity index (χ0n) is 15.1. The number of alkyl halides is 3. The Bertz CT molecular complexity index is 882. The average Bonchev–Trinajstić information content (AvgIpc) is 3.07. The van der Waals surface area contributed by atoms with E-state index in [0.29, 0.717) is 29.7 Å². The van der Waals surface area contributed by atoms with Crippen LogP contribution in [0.25, 0.3) is 5.69 Å². The van der Waals surface area contributed by atoms with Crippen LogP contribution in [-0.4, -0.2) is 57.0 Å². The molecule has 1 aliphatic heterocycles. The number of halogens is 3. The number of ether oxygens (including phenoxy) is 1. The maximum atomic E-state index is 13.3. The molecule has 0 aliphatic carbocycles. The highest BCUT2D eigenvalue weighted by Gasteiger charge is 2.40. The zero-order valence-corrected chi connectivity index (χ0v) is 15.1. The molecule has 3 rings (SSSR count). The van der Waals surface area contributed by atoms with Crippen LogP contribution in [-0.2, 0) is 10.9 Å². The molecular weight excluding hydrogens is 379 g/mol. The second kappa shape index (κ2) is 7.27. The third-order valence-electron chi connectivity index (χ3n) is 4.53. The number of aromatic carboxylic acids is 1. The highest BCUT2D eigenvalue weighted by molar-refractivity contribution is 5.95. The number of benzene rings is 1. The minimum atomic E-state index is -4.91. The van der Waals surface area contributed by atoms with Crippen LogP contribution in [0.5, 0.6) is 0 Å². The molecule has 2 aromatic rings. The van der Waals surface area contributed by atoms with Crippen molar-refractivity contribution in [3.05, 3.63) is 47.3 Å². The number of carboxylic acid groups (broad SMARTS) is 1. The highest BCUT2D eigenvalue weighted by Crippen LogP contribution is 2.33. The van der Waals surface area contributed by atoms with Gasteiger partial charge in [0, 0.05) is 5.56 Å². The van der Waals surface area contributed by atoms with E-state index in [1.54, 1.807) is 4.90 Å². The SMILES string of the molecule is CC1COCC(C)N1C(=O)c1ccc(-n2ncc(C(=O)O)c2C(F)(F)F)cc1. The predicted molar refractivity (Wildman–Crippen MR) is 91.4 cm³/mol. The summed E-state index contributed by atoms with van der Waals surface area (Å²) in [5, 5.41) is 12.6. The van der Waals surface area contributed by atoms with Gasteiger partial charge < -0.3 is 14.7 Å². The lowest BCUT2D eigenvalue weighted by molar-refractivity contribution is -0.143. The quantitative estimate of drug-likeness (QED) is 0.861. The molecule has 1 aromatic carbocycles. The average molecular weight is 397 g/mol. The van der Waals surface area contributed by atoms with Crippen molar-refractivity contribution >= 4 is 11.9 Å². The maximum Gasteiger partial charge on any atom is 0.434 e. The number of carbonyl (C=O) groups excluding carboxylic acids is 1. The first-order chi connectivity index (χ1) is 13.1. The number of morpholine rings is 1. The van der Waals surface area contributed by atoms with Gasteiger partial charge in [-0.05, 0) is 38.1 Å². The molecule has 0 saturated carbocycles. The second-order valence-corrected chi connectivity index (χ2v) is 6.62. The number of aromatic nitrogens is 2. The fraction of sp³-hybridized carbons (Fsp3) is 0.389. The first-order valence-corrected chi connectivity index (χ1v) is 8.50. The van der Waals surface area contributed by atoms with Gasteiger partial charge in [0.15, 0.2) is 5.69 Å².